The number of hydrogen-bond donors (Lipinski definition) is 1. The van der Waals surface area contributed by atoms with Gasteiger partial charge in [0.1, 0.15) is 11.9 Å². The summed E-state index contributed by atoms with van der Waals surface area (Å²) in [6, 6.07) is 7.59. The molecular formula is C16H18BrN3O. The number of carbonyl (C=O) groups is 1. The molecule has 0 spiro atoms. The fraction of sp³-hybridized carbons (Fsp3) is 0.250. The van der Waals surface area contributed by atoms with E-state index in [9.17, 15) is 4.79 Å². The van der Waals surface area contributed by atoms with Crippen LogP contribution in [0.3, 0.4) is 0 Å². The van der Waals surface area contributed by atoms with E-state index in [1.54, 1.807) is 12.3 Å². The van der Waals surface area contributed by atoms with E-state index in [4.69, 9.17) is 0 Å². The lowest BCUT2D eigenvalue weighted by atomic mass is 10.1. The summed E-state index contributed by atoms with van der Waals surface area (Å²) in [7, 11) is 1.92. The smallest absolute Gasteiger partial charge is 0.244 e. The largest absolute Gasteiger partial charge is 0.339 e. The Kier molecular flexibility index (Phi) is 4.96. The number of allylic oxidation sites excluding steroid dienone is 1. The summed E-state index contributed by atoms with van der Waals surface area (Å²) in [5.41, 5.74) is 1.95. The zero-order valence-corrected chi connectivity index (χ0v) is 13.9. The molecule has 0 aliphatic heterocycles. The molecule has 1 aromatic heterocycles. The van der Waals surface area contributed by atoms with Crippen molar-refractivity contribution >= 4 is 21.8 Å². The zero-order chi connectivity index (χ0) is 15.4. The summed E-state index contributed by atoms with van der Waals surface area (Å²) in [6.07, 6.45) is 5.19. The molecule has 0 bridgehead atoms. The van der Waals surface area contributed by atoms with Crippen molar-refractivity contribution in [1.82, 2.24) is 14.9 Å². The van der Waals surface area contributed by atoms with Crippen molar-refractivity contribution in [1.29, 1.82) is 0 Å². The van der Waals surface area contributed by atoms with Crippen molar-refractivity contribution in [3.8, 4) is 0 Å². The Labute approximate surface area is 133 Å². The van der Waals surface area contributed by atoms with Gasteiger partial charge < -0.3 is 9.88 Å². The molecule has 1 amide bonds. The molecule has 4 nitrogen and oxygen atoms in total. The lowest BCUT2D eigenvalue weighted by Crippen LogP contribution is -2.29. The first-order chi connectivity index (χ1) is 9.97. The van der Waals surface area contributed by atoms with E-state index in [1.807, 2.05) is 55.9 Å². The average molecular weight is 348 g/mol. The second-order valence-electron chi connectivity index (χ2n) is 5.11. The summed E-state index contributed by atoms with van der Waals surface area (Å²) >= 11 is 3.42. The van der Waals surface area contributed by atoms with Crippen LogP contribution in [0.25, 0.3) is 0 Å². The van der Waals surface area contributed by atoms with Crippen molar-refractivity contribution < 1.29 is 4.79 Å². The first-order valence-corrected chi connectivity index (χ1v) is 7.45. The normalized spacial score (nSPS) is 11.8. The molecule has 1 N–H and O–H groups in total. The summed E-state index contributed by atoms with van der Waals surface area (Å²) in [6.45, 7) is 3.80. The highest BCUT2D eigenvalue weighted by Gasteiger charge is 2.19. The average Bonchev–Trinajstić information content (AvgIpc) is 2.82. The third-order valence-electron chi connectivity index (χ3n) is 3.03. The Hall–Kier alpha value is -1.88. The molecule has 0 aliphatic rings. The number of amides is 1. The van der Waals surface area contributed by atoms with Crippen LogP contribution in [0, 0.1) is 0 Å². The monoisotopic (exact) mass is 347 g/mol. The van der Waals surface area contributed by atoms with Crippen LogP contribution in [0.2, 0.25) is 0 Å². The molecule has 1 atom stereocenters. The molecule has 0 radical (unpaired) electrons. The van der Waals surface area contributed by atoms with Gasteiger partial charge in [-0.1, -0.05) is 33.6 Å². The molecule has 2 aromatic rings. The van der Waals surface area contributed by atoms with Crippen LogP contribution >= 0.6 is 15.9 Å². The number of aromatic nitrogens is 2. The van der Waals surface area contributed by atoms with Crippen LogP contribution in [-0.2, 0) is 11.8 Å². The Balaban J connectivity index is 2.35. The topological polar surface area (TPSA) is 46.9 Å². The van der Waals surface area contributed by atoms with Gasteiger partial charge in [-0.25, -0.2) is 4.98 Å². The highest BCUT2D eigenvalue weighted by molar-refractivity contribution is 9.10. The van der Waals surface area contributed by atoms with E-state index >= 15 is 0 Å². The van der Waals surface area contributed by atoms with Crippen LogP contribution in [0.5, 0.6) is 0 Å². The number of halogens is 1. The van der Waals surface area contributed by atoms with Crippen molar-refractivity contribution in [2.75, 3.05) is 0 Å². The number of benzene rings is 1. The molecule has 2 rings (SSSR count). The third kappa shape index (κ3) is 4.04. The van der Waals surface area contributed by atoms with Gasteiger partial charge in [0.05, 0.1) is 0 Å². The second kappa shape index (κ2) is 6.72. The molecule has 110 valence electrons. The Bertz CT molecular complexity index is 654. The molecule has 5 heteroatoms. The maximum Gasteiger partial charge on any atom is 0.244 e. The highest BCUT2D eigenvalue weighted by atomic mass is 79.9. The summed E-state index contributed by atoms with van der Waals surface area (Å²) in [5, 5.41) is 3.01. The molecule has 0 unspecified atom stereocenters. The van der Waals surface area contributed by atoms with Gasteiger partial charge in [-0.05, 0) is 31.5 Å². The van der Waals surface area contributed by atoms with Gasteiger partial charge in [-0.3, -0.25) is 4.79 Å². The van der Waals surface area contributed by atoms with Crippen molar-refractivity contribution in [2.24, 2.45) is 7.05 Å². The van der Waals surface area contributed by atoms with E-state index in [-0.39, 0.29) is 11.9 Å². The predicted molar refractivity (Wildman–Crippen MR) is 86.8 cm³/mol. The highest BCUT2D eigenvalue weighted by Crippen LogP contribution is 2.22. The Morgan fingerprint density at radius 3 is 2.52 bits per heavy atom. The lowest BCUT2D eigenvalue weighted by molar-refractivity contribution is -0.117. The molecule has 21 heavy (non-hydrogen) atoms. The van der Waals surface area contributed by atoms with Gasteiger partial charge >= 0.3 is 0 Å². The van der Waals surface area contributed by atoms with Gasteiger partial charge in [0.15, 0.2) is 0 Å². The number of nitrogens with zero attached hydrogens (tertiary/aromatic N) is 2. The van der Waals surface area contributed by atoms with Crippen molar-refractivity contribution in [3.63, 3.8) is 0 Å². The minimum atomic E-state index is -0.277. The third-order valence-corrected chi connectivity index (χ3v) is 3.56. The summed E-state index contributed by atoms with van der Waals surface area (Å²) in [4.78, 5) is 16.4. The molecule has 0 saturated heterocycles. The SMILES string of the molecule is CC(C)=CC(=O)N[C@@H](c1ccc(Br)cc1)c1nccn1C. The number of imidazole rings is 1. The molecule has 1 aromatic carbocycles. The van der Waals surface area contributed by atoms with E-state index < -0.39 is 0 Å². The van der Waals surface area contributed by atoms with Crippen molar-refractivity contribution in [2.45, 2.75) is 19.9 Å². The van der Waals surface area contributed by atoms with Crippen LogP contribution in [-0.4, -0.2) is 15.5 Å². The van der Waals surface area contributed by atoms with E-state index in [2.05, 4.69) is 26.2 Å². The molecule has 1 heterocycles. The van der Waals surface area contributed by atoms with Gasteiger partial charge in [0, 0.05) is 30.0 Å². The zero-order valence-electron chi connectivity index (χ0n) is 12.3. The van der Waals surface area contributed by atoms with Gasteiger partial charge in [-0.2, -0.15) is 0 Å². The van der Waals surface area contributed by atoms with Gasteiger partial charge in [0.25, 0.3) is 0 Å². The standard InChI is InChI=1S/C16H18BrN3O/c1-11(2)10-14(21)19-15(16-18-8-9-20(16)3)12-4-6-13(17)7-5-12/h4-10,15H,1-3H3,(H,19,21)/t15-/m0/s1. The number of nitrogens with one attached hydrogen (secondary N) is 1. The number of aryl methyl sites for hydroxylation is 1. The van der Waals surface area contributed by atoms with Crippen LogP contribution < -0.4 is 5.32 Å². The number of hydrogen-bond acceptors (Lipinski definition) is 2. The first-order valence-electron chi connectivity index (χ1n) is 6.65. The Morgan fingerprint density at radius 1 is 1.33 bits per heavy atom. The maximum atomic E-state index is 12.1. The Morgan fingerprint density at radius 2 is 2.00 bits per heavy atom. The van der Waals surface area contributed by atoms with Crippen LogP contribution in [0.4, 0.5) is 0 Å². The lowest BCUT2D eigenvalue weighted by Gasteiger charge is -2.18. The van der Waals surface area contributed by atoms with E-state index in [0.29, 0.717) is 0 Å². The minimum Gasteiger partial charge on any atom is -0.339 e. The fourth-order valence-electron chi connectivity index (χ4n) is 2.05. The second-order valence-corrected chi connectivity index (χ2v) is 6.03. The van der Waals surface area contributed by atoms with Gasteiger partial charge in [-0.15, -0.1) is 0 Å². The number of rotatable bonds is 4. The summed E-state index contributed by atoms with van der Waals surface area (Å²) < 4.78 is 2.91. The van der Waals surface area contributed by atoms with Gasteiger partial charge in [0.2, 0.25) is 5.91 Å². The van der Waals surface area contributed by atoms with E-state index in [1.165, 1.54) is 0 Å². The first kappa shape index (κ1) is 15.5. The quantitative estimate of drug-likeness (QED) is 0.862. The molecular weight excluding hydrogens is 330 g/mol. The predicted octanol–water partition coefficient (Wildman–Crippen LogP) is 3.35. The van der Waals surface area contributed by atoms with Crippen LogP contribution in [0.1, 0.15) is 31.3 Å². The molecule has 0 aliphatic carbocycles. The fourth-order valence-corrected chi connectivity index (χ4v) is 2.32. The minimum absolute atomic E-state index is 0.120. The molecule has 0 saturated carbocycles. The van der Waals surface area contributed by atoms with E-state index in [0.717, 1.165) is 21.4 Å². The summed E-state index contributed by atoms with van der Waals surface area (Å²) in [5.74, 6) is 0.679. The van der Waals surface area contributed by atoms with Crippen molar-refractivity contribution in [3.05, 3.63) is 64.2 Å². The van der Waals surface area contributed by atoms with Crippen LogP contribution in [0.15, 0.2) is 52.8 Å². The maximum absolute atomic E-state index is 12.1. The molecule has 0 fully saturated rings. The number of carbonyl (C=O) groups excluding carboxylic acids is 1.